The van der Waals surface area contributed by atoms with Crippen molar-refractivity contribution < 1.29 is 9.18 Å². The highest BCUT2D eigenvalue weighted by Gasteiger charge is 2.35. The zero-order valence-corrected chi connectivity index (χ0v) is 9.47. The molecule has 17 heavy (non-hydrogen) atoms. The van der Waals surface area contributed by atoms with Crippen LogP contribution in [0, 0.1) is 5.95 Å². The maximum absolute atomic E-state index is 13.0. The smallest absolute Gasteiger partial charge is 0.223 e. The SMILES string of the molecule is O=C1CCC2CN(c3ccnc(F)c3)CCN12. The number of carbonyl (C=O) groups excluding carboxylic acids is 1. The Morgan fingerprint density at radius 3 is 3.12 bits per heavy atom. The van der Waals surface area contributed by atoms with E-state index in [1.807, 2.05) is 11.0 Å². The lowest BCUT2D eigenvalue weighted by Crippen LogP contribution is -2.51. The van der Waals surface area contributed by atoms with Gasteiger partial charge in [0.15, 0.2) is 0 Å². The lowest BCUT2D eigenvalue weighted by Gasteiger charge is -2.38. The highest BCUT2D eigenvalue weighted by molar-refractivity contribution is 5.79. The average Bonchev–Trinajstić information content (AvgIpc) is 2.71. The molecule has 0 radical (unpaired) electrons. The van der Waals surface area contributed by atoms with Gasteiger partial charge in [-0.2, -0.15) is 4.39 Å². The molecule has 4 nitrogen and oxygen atoms in total. The van der Waals surface area contributed by atoms with E-state index in [0.717, 1.165) is 31.7 Å². The number of pyridine rings is 1. The van der Waals surface area contributed by atoms with Gasteiger partial charge >= 0.3 is 0 Å². The number of halogens is 1. The third-order valence-electron chi connectivity index (χ3n) is 3.57. The van der Waals surface area contributed by atoms with Crippen LogP contribution in [-0.4, -0.2) is 41.5 Å². The minimum absolute atomic E-state index is 0.260. The van der Waals surface area contributed by atoms with Gasteiger partial charge in [0.1, 0.15) is 0 Å². The number of hydrogen-bond acceptors (Lipinski definition) is 3. The van der Waals surface area contributed by atoms with E-state index in [1.54, 1.807) is 0 Å². The van der Waals surface area contributed by atoms with E-state index >= 15 is 0 Å². The van der Waals surface area contributed by atoms with Gasteiger partial charge < -0.3 is 9.80 Å². The Hall–Kier alpha value is -1.65. The van der Waals surface area contributed by atoms with Gasteiger partial charge in [-0.05, 0) is 12.5 Å². The maximum atomic E-state index is 13.0. The molecule has 1 aromatic heterocycles. The number of nitrogens with zero attached hydrogens (tertiary/aromatic N) is 3. The van der Waals surface area contributed by atoms with Crippen LogP contribution in [-0.2, 0) is 4.79 Å². The molecule has 3 heterocycles. The first kappa shape index (κ1) is 10.5. The van der Waals surface area contributed by atoms with E-state index in [4.69, 9.17) is 0 Å². The number of hydrogen-bond donors (Lipinski definition) is 0. The lowest BCUT2D eigenvalue weighted by atomic mass is 10.1. The van der Waals surface area contributed by atoms with Gasteiger partial charge in [-0.25, -0.2) is 4.98 Å². The Morgan fingerprint density at radius 2 is 2.29 bits per heavy atom. The minimum atomic E-state index is -0.451. The second-order valence-electron chi connectivity index (χ2n) is 4.56. The fraction of sp³-hybridized carbons (Fsp3) is 0.500. The van der Waals surface area contributed by atoms with Crippen molar-refractivity contribution in [1.82, 2.24) is 9.88 Å². The molecule has 3 rings (SSSR count). The molecule has 1 amide bonds. The van der Waals surface area contributed by atoms with Gasteiger partial charge in [-0.3, -0.25) is 4.79 Å². The molecule has 5 heteroatoms. The molecule has 0 spiro atoms. The summed E-state index contributed by atoms with van der Waals surface area (Å²) in [4.78, 5) is 19.2. The first-order valence-corrected chi connectivity index (χ1v) is 5.90. The van der Waals surface area contributed by atoms with Crippen molar-refractivity contribution in [2.45, 2.75) is 18.9 Å². The second kappa shape index (κ2) is 3.98. The number of piperazine rings is 1. The number of carbonyl (C=O) groups is 1. The molecule has 2 aliphatic heterocycles. The third-order valence-corrected chi connectivity index (χ3v) is 3.57. The lowest BCUT2D eigenvalue weighted by molar-refractivity contribution is -0.129. The van der Waals surface area contributed by atoms with Gasteiger partial charge in [0.05, 0.1) is 0 Å². The molecule has 0 N–H and O–H groups in total. The van der Waals surface area contributed by atoms with Gasteiger partial charge in [-0.1, -0.05) is 0 Å². The molecule has 0 aliphatic carbocycles. The summed E-state index contributed by atoms with van der Waals surface area (Å²) in [6.07, 6.45) is 3.06. The monoisotopic (exact) mass is 235 g/mol. The minimum Gasteiger partial charge on any atom is -0.368 e. The van der Waals surface area contributed by atoms with E-state index < -0.39 is 5.95 Å². The molecule has 0 bridgehead atoms. The van der Waals surface area contributed by atoms with Crippen LogP contribution in [0.5, 0.6) is 0 Å². The van der Waals surface area contributed by atoms with Crippen molar-refractivity contribution >= 4 is 11.6 Å². The predicted molar refractivity (Wildman–Crippen MR) is 61.1 cm³/mol. The summed E-state index contributed by atoms with van der Waals surface area (Å²) in [7, 11) is 0. The molecule has 1 unspecified atom stereocenters. The van der Waals surface area contributed by atoms with Crippen molar-refractivity contribution in [2.75, 3.05) is 24.5 Å². The second-order valence-corrected chi connectivity index (χ2v) is 4.56. The normalized spacial score (nSPS) is 24.1. The Bertz CT molecular complexity index is 451. The third kappa shape index (κ3) is 1.85. The van der Waals surface area contributed by atoms with Gasteiger partial charge in [0.25, 0.3) is 0 Å². The van der Waals surface area contributed by atoms with E-state index in [0.29, 0.717) is 12.5 Å². The Balaban J connectivity index is 1.77. The van der Waals surface area contributed by atoms with Crippen LogP contribution in [0.1, 0.15) is 12.8 Å². The van der Waals surface area contributed by atoms with Crippen molar-refractivity contribution in [3.8, 4) is 0 Å². The number of anilines is 1. The zero-order valence-electron chi connectivity index (χ0n) is 9.47. The van der Waals surface area contributed by atoms with Crippen molar-refractivity contribution in [1.29, 1.82) is 0 Å². The van der Waals surface area contributed by atoms with Crippen LogP contribution in [0.25, 0.3) is 0 Å². The van der Waals surface area contributed by atoms with E-state index in [2.05, 4.69) is 9.88 Å². The van der Waals surface area contributed by atoms with E-state index in [1.165, 1.54) is 12.3 Å². The molecule has 0 aromatic carbocycles. The van der Waals surface area contributed by atoms with Crippen LogP contribution < -0.4 is 4.90 Å². The van der Waals surface area contributed by atoms with Crippen LogP contribution in [0.3, 0.4) is 0 Å². The number of aromatic nitrogens is 1. The quantitative estimate of drug-likeness (QED) is 0.682. The molecule has 2 saturated heterocycles. The predicted octanol–water partition coefficient (Wildman–Crippen LogP) is 1.03. The maximum Gasteiger partial charge on any atom is 0.223 e. The summed E-state index contributed by atoms with van der Waals surface area (Å²) >= 11 is 0. The molecule has 0 saturated carbocycles. The highest BCUT2D eigenvalue weighted by atomic mass is 19.1. The molecule has 2 aliphatic rings. The first-order valence-electron chi connectivity index (χ1n) is 5.90. The van der Waals surface area contributed by atoms with Crippen LogP contribution in [0.15, 0.2) is 18.3 Å². The van der Waals surface area contributed by atoms with Crippen LogP contribution >= 0.6 is 0 Å². The Kier molecular flexibility index (Phi) is 2.46. The topological polar surface area (TPSA) is 36.4 Å². The standard InChI is InChI=1S/C12H14FN3O/c13-11-7-9(3-4-14-11)15-5-6-16-10(8-15)1-2-12(16)17/h3-4,7,10H,1-2,5-6,8H2. The largest absolute Gasteiger partial charge is 0.368 e. The van der Waals surface area contributed by atoms with Crippen molar-refractivity contribution in [3.63, 3.8) is 0 Å². The fourth-order valence-corrected chi connectivity index (χ4v) is 2.69. The summed E-state index contributed by atoms with van der Waals surface area (Å²) in [6, 6.07) is 3.56. The Labute approximate surface area is 99.0 Å². The summed E-state index contributed by atoms with van der Waals surface area (Å²) in [5.74, 6) is -0.192. The Morgan fingerprint density at radius 1 is 1.41 bits per heavy atom. The fourth-order valence-electron chi connectivity index (χ4n) is 2.69. The van der Waals surface area contributed by atoms with Gasteiger partial charge in [0, 0.05) is 50.0 Å². The highest BCUT2D eigenvalue weighted by Crippen LogP contribution is 2.26. The molecule has 90 valence electrons. The molecular weight excluding hydrogens is 221 g/mol. The summed E-state index contributed by atoms with van der Waals surface area (Å²) in [5, 5.41) is 0. The molecule has 2 fully saturated rings. The summed E-state index contributed by atoms with van der Waals surface area (Å²) in [5.41, 5.74) is 0.858. The van der Waals surface area contributed by atoms with Crippen LogP contribution in [0.4, 0.5) is 10.1 Å². The van der Waals surface area contributed by atoms with E-state index in [9.17, 15) is 9.18 Å². The summed E-state index contributed by atoms with van der Waals surface area (Å²) in [6.45, 7) is 2.31. The van der Waals surface area contributed by atoms with Gasteiger partial charge in [-0.15, -0.1) is 0 Å². The number of rotatable bonds is 1. The van der Waals surface area contributed by atoms with Gasteiger partial charge in [0.2, 0.25) is 11.9 Å². The van der Waals surface area contributed by atoms with Crippen molar-refractivity contribution in [2.24, 2.45) is 0 Å². The summed E-state index contributed by atoms with van der Waals surface area (Å²) < 4.78 is 13.0. The molecule has 1 aromatic rings. The van der Waals surface area contributed by atoms with Crippen molar-refractivity contribution in [3.05, 3.63) is 24.3 Å². The first-order chi connectivity index (χ1) is 8.24. The molecular formula is C12H14FN3O. The average molecular weight is 235 g/mol. The van der Waals surface area contributed by atoms with Crippen LogP contribution in [0.2, 0.25) is 0 Å². The zero-order chi connectivity index (χ0) is 11.8. The number of fused-ring (bicyclic) bond motifs is 1. The van der Waals surface area contributed by atoms with E-state index in [-0.39, 0.29) is 5.91 Å². The molecule has 1 atom stereocenters. The number of amides is 1.